The van der Waals surface area contributed by atoms with Crippen LogP contribution in [0.15, 0.2) is 21.6 Å². The maximum absolute atomic E-state index is 12.8. The molecule has 0 radical (unpaired) electrons. The van der Waals surface area contributed by atoms with Gasteiger partial charge in [-0.2, -0.15) is 4.31 Å². The van der Waals surface area contributed by atoms with Gasteiger partial charge in [0.15, 0.2) is 0 Å². The number of nitrogens with zero attached hydrogens (tertiary/aromatic N) is 3. The van der Waals surface area contributed by atoms with E-state index in [2.05, 4.69) is 20.9 Å². The molecule has 0 spiro atoms. The second-order valence-corrected chi connectivity index (χ2v) is 8.15. The molecular weight excluding hydrogens is 360 g/mol. The van der Waals surface area contributed by atoms with Crippen LogP contribution in [0, 0.1) is 0 Å². The van der Waals surface area contributed by atoms with Gasteiger partial charge in [0.05, 0.1) is 0 Å². The number of anilines is 1. The number of amides is 1. The lowest BCUT2D eigenvalue weighted by Gasteiger charge is -2.43. The Kier molecular flexibility index (Phi) is 4.02. The number of hydrogen-bond acceptors (Lipinski definition) is 5. The predicted molar refractivity (Wildman–Crippen MR) is 82.0 cm³/mol. The standard InChI is InChI=1S/C12H17BrN4O3S/c1-12(2)11(18)16(3)4-5-17(12)21(19,20)9-6-8(13)7-15-10(9)14/h6-7H,4-5H2,1-3H3,(H2,14,15). The van der Waals surface area contributed by atoms with Gasteiger partial charge in [-0.3, -0.25) is 4.79 Å². The van der Waals surface area contributed by atoms with Gasteiger partial charge in [0.25, 0.3) is 0 Å². The quantitative estimate of drug-likeness (QED) is 0.817. The van der Waals surface area contributed by atoms with Crippen LogP contribution < -0.4 is 5.73 Å². The molecule has 1 fully saturated rings. The summed E-state index contributed by atoms with van der Waals surface area (Å²) < 4.78 is 27.4. The Bertz CT molecular complexity index is 690. The molecular formula is C12H17BrN4O3S. The van der Waals surface area contributed by atoms with Gasteiger partial charge in [-0.15, -0.1) is 0 Å². The summed E-state index contributed by atoms with van der Waals surface area (Å²) in [5.41, 5.74) is 4.53. The fourth-order valence-corrected chi connectivity index (χ4v) is 4.69. The minimum Gasteiger partial charge on any atom is -0.383 e. The molecule has 1 aliphatic rings. The molecule has 1 saturated heterocycles. The normalized spacial score (nSPS) is 19.8. The van der Waals surface area contributed by atoms with Crippen LogP contribution in [-0.4, -0.2) is 54.2 Å². The summed E-state index contributed by atoms with van der Waals surface area (Å²) in [6, 6.07) is 1.40. The van der Waals surface area contributed by atoms with Gasteiger partial charge < -0.3 is 10.6 Å². The molecule has 2 heterocycles. The van der Waals surface area contributed by atoms with Crippen molar-refractivity contribution in [3.05, 3.63) is 16.7 Å². The molecule has 0 aliphatic carbocycles. The van der Waals surface area contributed by atoms with Crippen molar-refractivity contribution in [2.75, 3.05) is 25.9 Å². The third-order valence-electron chi connectivity index (χ3n) is 3.55. The molecule has 9 heteroatoms. The Labute approximate surface area is 132 Å². The Morgan fingerprint density at radius 2 is 2.00 bits per heavy atom. The minimum absolute atomic E-state index is 0.0830. The molecule has 1 amide bonds. The highest BCUT2D eigenvalue weighted by atomic mass is 79.9. The number of nitrogen functional groups attached to an aromatic ring is 1. The van der Waals surface area contributed by atoms with Crippen LogP contribution >= 0.6 is 15.9 Å². The molecule has 7 nitrogen and oxygen atoms in total. The number of pyridine rings is 1. The van der Waals surface area contributed by atoms with Crippen LogP contribution in [0.5, 0.6) is 0 Å². The largest absolute Gasteiger partial charge is 0.383 e. The highest BCUT2D eigenvalue weighted by Crippen LogP contribution is 2.31. The minimum atomic E-state index is -3.91. The molecule has 1 aliphatic heterocycles. The van der Waals surface area contributed by atoms with E-state index < -0.39 is 15.6 Å². The first-order valence-corrected chi connectivity index (χ1v) is 8.51. The summed E-state index contributed by atoms with van der Waals surface area (Å²) in [6.07, 6.45) is 1.43. The third-order valence-corrected chi connectivity index (χ3v) is 6.08. The van der Waals surface area contributed by atoms with Crippen molar-refractivity contribution in [3.63, 3.8) is 0 Å². The number of carbonyl (C=O) groups is 1. The lowest BCUT2D eigenvalue weighted by atomic mass is 10.0. The van der Waals surface area contributed by atoms with Gasteiger partial charge >= 0.3 is 0 Å². The van der Waals surface area contributed by atoms with Gasteiger partial charge in [-0.05, 0) is 35.8 Å². The lowest BCUT2D eigenvalue weighted by Crippen LogP contribution is -2.63. The van der Waals surface area contributed by atoms with E-state index >= 15 is 0 Å². The molecule has 0 unspecified atom stereocenters. The Hall–Kier alpha value is -1.19. The van der Waals surface area contributed by atoms with Crippen LogP contribution in [0.4, 0.5) is 5.82 Å². The van der Waals surface area contributed by atoms with E-state index in [-0.39, 0.29) is 23.2 Å². The smallest absolute Gasteiger partial charge is 0.247 e. The summed E-state index contributed by atoms with van der Waals surface area (Å²) in [5, 5.41) is 0. The zero-order valence-corrected chi connectivity index (χ0v) is 14.4. The fourth-order valence-electron chi connectivity index (χ4n) is 2.37. The molecule has 1 aromatic rings. The van der Waals surface area contributed by atoms with Crippen molar-refractivity contribution in [1.82, 2.24) is 14.2 Å². The van der Waals surface area contributed by atoms with E-state index in [4.69, 9.17) is 5.73 Å². The van der Waals surface area contributed by atoms with Crippen molar-refractivity contribution in [2.24, 2.45) is 0 Å². The topological polar surface area (TPSA) is 96.6 Å². The number of likely N-dealkylation sites (N-methyl/N-ethyl adjacent to an activating group) is 1. The molecule has 2 rings (SSSR count). The van der Waals surface area contributed by atoms with E-state index in [9.17, 15) is 13.2 Å². The molecule has 116 valence electrons. The van der Waals surface area contributed by atoms with Crippen molar-refractivity contribution >= 4 is 37.7 Å². The Morgan fingerprint density at radius 3 is 2.62 bits per heavy atom. The zero-order chi connectivity index (χ0) is 16.0. The Balaban J connectivity index is 2.54. The molecule has 2 N–H and O–H groups in total. The first kappa shape index (κ1) is 16.2. The maximum Gasteiger partial charge on any atom is 0.247 e. The summed E-state index contributed by atoms with van der Waals surface area (Å²) in [4.78, 5) is 17.5. The van der Waals surface area contributed by atoms with E-state index in [1.807, 2.05) is 0 Å². The van der Waals surface area contributed by atoms with Crippen LogP contribution in [-0.2, 0) is 14.8 Å². The molecule has 0 atom stereocenters. The molecule has 1 aromatic heterocycles. The highest BCUT2D eigenvalue weighted by molar-refractivity contribution is 9.10. The van der Waals surface area contributed by atoms with Crippen LogP contribution in [0.25, 0.3) is 0 Å². The third kappa shape index (κ3) is 2.65. The van der Waals surface area contributed by atoms with E-state index in [1.54, 1.807) is 20.9 Å². The van der Waals surface area contributed by atoms with E-state index in [0.717, 1.165) is 0 Å². The number of nitrogens with two attached hydrogens (primary N) is 1. The summed E-state index contributed by atoms with van der Waals surface area (Å²) in [6.45, 7) is 3.72. The zero-order valence-electron chi connectivity index (χ0n) is 12.0. The number of rotatable bonds is 2. The lowest BCUT2D eigenvalue weighted by molar-refractivity contribution is -0.142. The fraction of sp³-hybridized carbons (Fsp3) is 0.500. The molecule has 0 aromatic carbocycles. The van der Waals surface area contributed by atoms with Gasteiger partial charge in [0.1, 0.15) is 16.3 Å². The summed E-state index contributed by atoms with van der Waals surface area (Å²) >= 11 is 3.19. The van der Waals surface area contributed by atoms with E-state index in [0.29, 0.717) is 11.0 Å². The molecule has 0 saturated carbocycles. The molecule has 21 heavy (non-hydrogen) atoms. The number of aromatic nitrogens is 1. The second kappa shape index (κ2) is 5.22. The number of carbonyl (C=O) groups excluding carboxylic acids is 1. The van der Waals surface area contributed by atoms with Gasteiger partial charge in [-0.25, -0.2) is 13.4 Å². The van der Waals surface area contributed by atoms with Crippen molar-refractivity contribution < 1.29 is 13.2 Å². The SMILES string of the molecule is CN1CCN(S(=O)(=O)c2cc(Br)cnc2N)C(C)(C)C1=O. The predicted octanol–water partition coefficient (Wildman–Crippen LogP) is 0.668. The monoisotopic (exact) mass is 376 g/mol. The average Bonchev–Trinajstić information content (AvgIpc) is 2.38. The van der Waals surface area contributed by atoms with Gasteiger partial charge in [0, 0.05) is 30.8 Å². The number of halogens is 1. The van der Waals surface area contributed by atoms with Crippen molar-refractivity contribution in [1.29, 1.82) is 0 Å². The first-order chi connectivity index (χ1) is 9.58. The van der Waals surface area contributed by atoms with Crippen LogP contribution in [0.2, 0.25) is 0 Å². The van der Waals surface area contributed by atoms with Crippen LogP contribution in [0.1, 0.15) is 13.8 Å². The Morgan fingerprint density at radius 1 is 1.38 bits per heavy atom. The van der Waals surface area contributed by atoms with E-state index in [1.165, 1.54) is 21.5 Å². The number of piperazine rings is 1. The van der Waals surface area contributed by atoms with Crippen molar-refractivity contribution in [2.45, 2.75) is 24.3 Å². The molecule has 0 bridgehead atoms. The van der Waals surface area contributed by atoms with Crippen LogP contribution in [0.3, 0.4) is 0 Å². The number of sulfonamides is 1. The second-order valence-electron chi connectivity index (χ2n) is 5.40. The van der Waals surface area contributed by atoms with Gasteiger partial charge in [-0.1, -0.05) is 0 Å². The number of hydrogen-bond donors (Lipinski definition) is 1. The summed E-state index contributed by atoms with van der Waals surface area (Å²) in [7, 11) is -2.26. The summed E-state index contributed by atoms with van der Waals surface area (Å²) in [5.74, 6) is -0.334. The average molecular weight is 377 g/mol. The van der Waals surface area contributed by atoms with Gasteiger partial charge in [0.2, 0.25) is 15.9 Å². The van der Waals surface area contributed by atoms with Crippen molar-refractivity contribution in [3.8, 4) is 0 Å². The maximum atomic E-state index is 12.8. The first-order valence-electron chi connectivity index (χ1n) is 6.28. The highest BCUT2D eigenvalue weighted by Gasteiger charge is 2.47.